The van der Waals surface area contributed by atoms with Crippen molar-refractivity contribution in [2.75, 3.05) is 24.4 Å². The Bertz CT molecular complexity index is 855. The summed E-state index contributed by atoms with van der Waals surface area (Å²) >= 11 is 3.26. The van der Waals surface area contributed by atoms with Gasteiger partial charge in [0.1, 0.15) is 5.75 Å². The zero-order chi connectivity index (χ0) is 20.7. The zero-order valence-corrected chi connectivity index (χ0v) is 16.4. The third-order valence-corrected chi connectivity index (χ3v) is 4.24. The highest BCUT2D eigenvalue weighted by atomic mass is 79.9. The van der Waals surface area contributed by atoms with Crippen molar-refractivity contribution >= 4 is 33.5 Å². The van der Waals surface area contributed by atoms with Gasteiger partial charge >= 0.3 is 12.1 Å². The number of methoxy groups -OCH3 is 1. The van der Waals surface area contributed by atoms with Crippen LogP contribution >= 0.6 is 15.9 Å². The molecule has 0 aliphatic heterocycles. The normalized spacial score (nSPS) is 11.0. The van der Waals surface area contributed by atoms with Gasteiger partial charge in [0.2, 0.25) is 0 Å². The molecule has 0 fully saturated rings. The van der Waals surface area contributed by atoms with E-state index in [0.717, 1.165) is 19.2 Å². The van der Waals surface area contributed by atoms with Gasteiger partial charge in [0.05, 0.1) is 36.1 Å². The van der Waals surface area contributed by atoms with Crippen LogP contribution in [0.4, 0.5) is 18.9 Å². The van der Waals surface area contributed by atoms with E-state index in [1.807, 2.05) is 0 Å². The molecule has 5 nitrogen and oxygen atoms in total. The molecule has 0 aliphatic carbocycles. The van der Waals surface area contributed by atoms with Gasteiger partial charge in [-0.3, -0.25) is 4.79 Å². The van der Waals surface area contributed by atoms with E-state index >= 15 is 0 Å². The van der Waals surface area contributed by atoms with Crippen LogP contribution in [0.3, 0.4) is 0 Å². The highest BCUT2D eigenvalue weighted by molar-refractivity contribution is 9.09. The minimum Gasteiger partial charge on any atom is -0.491 e. The standard InChI is InChI=1S/C19H17BrF3NO4/c1-27-18(26)13-7-4-9-15(28-11-5-10-20)16(13)24-17(25)12-6-2-3-8-14(12)19(21,22)23/h2-4,6-9H,5,10-11H2,1H3,(H,24,25). The van der Waals surface area contributed by atoms with E-state index in [2.05, 4.69) is 26.0 Å². The lowest BCUT2D eigenvalue weighted by Crippen LogP contribution is -2.20. The maximum Gasteiger partial charge on any atom is 0.417 e. The number of nitrogens with one attached hydrogen (secondary N) is 1. The van der Waals surface area contributed by atoms with Crippen molar-refractivity contribution in [2.45, 2.75) is 12.6 Å². The van der Waals surface area contributed by atoms with Crippen LogP contribution in [-0.2, 0) is 10.9 Å². The summed E-state index contributed by atoms with van der Waals surface area (Å²) in [5, 5.41) is 3.04. The largest absolute Gasteiger partial charge is 0.491 e. The number of rotatable bonds is 7. The number of esters is 1. The van der Waals surface area contributed by atoms with Gasteiger partial charge in [0.25, 0.3) is 5.91 Å². The van der Waals surface area contributed by atoms with E-state index in [1.54, 1.807) is 0 Å². The van der Waals surface area contributed by atoms with Crippen LogP contribution < -0.4 is 10.1 Å². The second-order valence-corrected chi connectivity index (χ2v) is 6.35. The van der Waals surface area contributed by atoms with Crippen molar-refractivity contribution in [3.63, 3.8) is 0 Å². The maximum absolute atomic E-state index is 13.2. The molecule has 28 heavy (non-hydrogen) atoms. The molecule has 1 N–H and O–H groups in total. The average molecular weight is 460 g/mol. The number of ether oxygens (including phenoxy) is 2. The molecule has 0 heterocycles. The molecule has 0 saturated heterocycles. The third kappa shape index (κ3) is 5.25. The number of alkyl halides is 4. The predicted molar refractivity (Wildman–Crippen MR) is 101 cm³/mol. The Morgan fingerprint density at radius 3 is 2.39 bits per heavy atom. The van der Waals surface area contributed by atoms with Crippen LogP contribution in [0.1, 0.15) is 32.7 Å². The summed E-state index contributed by atoms with van der Waals surface area (Å²) in [6.07, 6.45) is -4.06. The molecule has 0 radical (unpaired) electrons. The van der Waals surface area contributed by atoms with E-state index < -0.39 is 29.2 Å². The molecule has 0 atom stereocenters. The highest BCUT2D eigenvalue weighted by Crippen LogP contribution is 2.34. The number of anilines is 1. The Labute approximate surface area is 168 Å². The first-order chi connectivity index (χ1) is 13.3. The van der Waals surface area contributed by atoms with Crippen LogP contribution in [0.2, 0.25) is 0 Å². The number of hydrogen-bond acceptors (Lipinski definition) is 4. The summed E-state index contributed by atoms with van der Waals surface area (Å²) in [6.45, 7) is 0.276. The quantitative estimate of drug-likeness (QED) is 0.363. The number of benzene rings is 2. The SMILES string of the molecule is COC(=O)c1cccc(OCCCBr)c1NC(=O)c1ccccc1C(F)(F)F. The first kappa shape index (κ1) is 21.7. The fourth-order valence-corrected chi connectivity index (χ4v) is 2.64. The van der Waals surface area contributed by atoms with Crippen molar-refractivity contribution in [3.8, 4) is 5.75 Å². The molecular formula is C19H17BrF3NO4. The highest BCUT2D eigenvalue weighted by Gasteiger charge is 2.35. The number of carbonyl (C=O) groups is 2. The van der Waals surface area contributed by atoms with Crippen molar-refractivity contribution in [3.05, 3.63) is 59.2 Å². The van der Waals surface area contributed by atoms with Crippen molar-refractivity contribution < 1.29 is 32.2 Å². The van der Waals surface area contributed by atoms with Gasteiger partial charge in [-0.15, -0.1) is 0 Å². The van der Waals surface area contributed by atoms with Crippen LogP contribution in [0.5, 0.6) is 5.75 Å². The van der Waals surface area contributed by atoms with Gasteiger partial charge in [-0.05, 0) is 30.7 Å². The van der Waals surface area contributed by atoms with Crippen molar-refractivity contribution in [1.82, 2.24) is 0 Å². The number of halogens is 4. The molecule has 0 unspecified atom stereocenters. The number of amides is 1. The first-order valence-corrected chi connectivity index (χ1v) is 9.29. The van der Waals surface area contributed by atoms with Crippen LogP contribution in [0, 0.1) is 0 Å². The molecule has 0 bridgehead atoms. The predicted octanol–water partition coefficient (Wildman–Crippen LogP) is 4.91. The Hall–Kier alpha value is -2.55. The maximum atomic E-state index is 13.2. The monoisotopic (exact) mass is 459 g/mol. The van der Waals surface area contributed by atoms with Crippen LogP contribution in [-0.4, -0.2) is 30.9 Å². The molecule has 2 aromatic rings. The van der Waals surface area contributed by atoms with Crippen LogP contribution in [0.15, 0.2) is 42.5 Å². The first-order valence-electron chi connectivity index (χ1n) is 8.17. The molecular weight excluding hydrogens is 443 g/mol. The summed E-state index contributed by atoms with van der Waals surface area (Å²) < 4.78 is 49.9. The summed E-state index contributed by atoms with van der Waals surface area (Å²) in [7, 11) is 1.16. The smallest absolute Gasteiger partial charge is 0.417 e. The molecule has 0 spiro atoms. The number of para-hydroxylation sites is 1. The molecule has 1 amide bonds. The fraction of sp³-hybridized carbons (Fsp3) is 0.263. The van der Waals surface area contributed by atoms with E-state index in [4.69, 9.17) is 4.74 Å². The second-order valence-electron chi connectivity index (χ2n) is 5.56. The lowest BCUT2D eigenvalue weighted by atomic mass is 10.1. The van der Waals surface area contributed by atoms with E-state index in [-0.39, 0.29) is 23.6 Å². The lowest BCUT2D eigenvalue weighted by Gasteiger charge is -2.17. The number of carbonyl (C=O) groups excluding carboxylic acids is 2. The molecule has 0 aliphatic rings. The molecule has 150 valence electrons. The Morgan fingerprint density at radius 2 is 1.75 bits per heavy atom. The van der Waals surface area contributed by atoms with E-state index in [0.29, 0.717) is 11.8 Å². The van der Waals surface area contributed by atoms with Gasteiger partial charge in [0, 0.05) is 5.33 Å². The minimum absolute atomic E-state index is 0.0308. The lowest BCUT2D eigenvalue weighted by molar-refractivity contribution is -0.137. The van der Waals surface area contributed by atoms with E-state index in [9.17, 15) is 22.8 Å². The third-order valence-electron chi connectivity index (χ3n) is 3.68. The van der Waals surface area contributed by atoms with Gasteiger partial charge in [-0.2, -0.15) is 13.2 Å². The van der Waals surface area contributed by atoms with Gasteiger partial charge < -0.3 is 14.8 Å². The van der Waals surface area contributed by atoms with Gasteiger partial charge in [-0.1, -0.05) is 34.1 Å². The van der Waals surface area contributed by atoms with Crippen LogP contribution in [0.25, 0.3) is 0 Å². The van der Waals surface area contributed by atoms with E-state index in [1.165, 1.54) is 30.3 Å². The molecule has 2 rings (SSSR count). The molecule has 2 aromatic carbocycles. The Morgan fingerprint density at radius 1 is 1.07 bits per heavy atom. The molecule has 9 heteroatoms. The number of hydrogen-bond donors (Lipinski definition) is 1. The average Bonchev–Trinajstić information content (AvgIpc) is 2.67. The summed E-state index contributed by atoms with van der Waals surface area (Å²) in [4.78, 5) is 24.6. The Kier molecular flexibility index (Phi) is 7.45. The topological polar surface area (TPSA) is 64.6 Å². The fourth-order valence-electron chi connectivity index (χ4n) is 2.41. The summed E-state index contributed by atoms with van der Waals surface area (Å²) in [6, 6.07) is 8.80. The Balaban J connectivity index is 2.44. The minimum atomic E-state index is -4.70. The molecule has 0 saturated carbocycles. The summed E-state index contributed by atoms with van der Waals surface area (Å²) in [5.74, 6) is -1.62. The van der Waals surface area contributed by atoms with Crippen molar-refractivity contribution in [1.29, 1.82) is 0 Å². The van der Waals surface area contributed by atoms with Gasteiger partial charge in [-0.25, -0.2) is 4.79 Å². The second kappa shape index (κ2) is 9.59. The summed E-state index contributed by atoms with van der Waals surface area (Å²) in [5.41, 5.74) is -1.73. The van der Waals surface area contributed by atoms with Crippen molar-refractivity contribution in [2.24, 2.45) is 0 Å². The molecule has 0 aromatic heterocycles. The zero-order valence-electron chi connectivity index (χ0n) is 14.8. The van der Waals surface area contributed by atoms with Gasteiger partial charge in [0.15, 0.2) is 0 Å².